The molecule has 4 unspecified atom stereocenters. The van der Waals surface area contributed by atoms with Crippen LogP contribution in [0.2, 0.25) is 0 Å². The average molecular weight is 627 g/mol. The monoisotopic (exact) mass is 626 g/mol. The van der Waals surface area contributed by atoms with Crippen molar-refractivity contribution < 1.29 is 43.2 Å². The lowest BCUT2D eigenvalue weighted by Crippen LogP contribution is -2.60. The van der Waals surface area contributed by atoms with Gasteiger partial charge in [-0.1, -0.05) is 32.9 Å². The molecule has 2 aromatic rings. The van der Waals surface area contributed by atoms with Crippen LogP contribution in [0.4, 0.5) is 4.79 Å². The normalized spacial score (nSPS) is 23.1. The van der Waals surface area contributed by atoms with Gasteiger partial charge in [-0.05, 0) is 49.8 Å². The molecule has 13 heteroatoms. The molecule has 45 heavy (non-hydrogen) atoms. The van der Waals surface area contributed by atoms with E-state index in [0.717, 1.165) is 5.39 Å². The number of benzene rings is 1. The Morgan fingerprint density at radius 2 is 1.89 bits per heavy atom. The standard InChI is InChI=1S/C32H42N4O9/c1-31(2,3)25-28(38)36-16-20(15-23(36)29(39)40)44-27-21-13-19(24(42-7)14-18(21)10-11-33-27)9-8-12-43-17-22(26(37)35-25)34-30(41)45-32(4,5)6/h8-11,13-14,20,22-23,25H,12,15-17H2,1-7H3,(H,34,41)(H,35,37)(H,39,40). The molecule has 1 saturated heterocycles. The molecule has 1 aromatic carbocycles. The minimum atomic E-state index is -1.22. The van der Waals surface area contributed by atoms with E-state index in [9.17, 15) is 24.3 Å². The summed E-state index contributed by atoms with van der Waals surface area (Å²) in [7, 11) is 1.55. The van der Waals surface area contributed by atoms with Crippen LogP contribution in [-0.4, -0.2) is 95.6 Å². The van der Waals surface area contributed by atoms with Crippen LogP contribution in [0.3, 0.4) is 0 Å². The van der Waals surface area contributed by atoms with Crippen molar-refractivity contribution in [2.45, 2.75) is 77.8 Å². The van der Waals surface area contributed by atoms with Crippen LogP contribution in [-0.2, 0) is 23.9 Å². The molecule has 1 aromatic heterocycles. The van der Waals surface area contributed by atoms with E-state index in [2.05, 4.69) is 15.6 Å². The molecule has 3 amide bonds. The van der Waals surface area contributed by atoms with Crippen molar-refractivity contribution >= 4 is 40.7 Å². The minimum Gasteiger partial charge on any atom is -0.496 e. The number of nitrogens with one attached hydrogen (secondary N) is 2. The number of alkyl carbamates (subject to hydrolysis) is 1. The van der Waals surface area contributed by atoms with Crippen LogP contribution >= 0.6 is 0 Å². The van der Waals surface area contributed by atoms with Crippen LogP contribution < -0.4 is 20.1 Å². The highest BCUT2D eigenvalue weighted by Gasteiger charge is 2.46. The first-order valence-corrected chi connectivity index (χ1v) is 14.8. The Bertz CT molecular complexity index is 1480. The van der Waals surface area contributed by atoms with Crippen LogP contribution in [0.1, 0.15) is 53.5 Å². The third kappa shape index (κ3) is 8.21. The number of methoxy groups -OCH3 is 1. The number of hydrogen-bond acceptors (Lipinski definition) is 9. The summed E-state index contributed by atoms with van der Waals surface area (Å²) in [5.41, 5.74) is -0.950. The number of nitrogens with zero attached hydrogens (tertiary/aromatic N) is 2. The number of carboxylic acids is 1. The number of carbonyl (C=O) groups is 4. The molecule has 0 aliphatic carbocycles. The van der Waals surface area contributed by atoms with E-state index in [1.54, 1.807) is 67.0 Å². The van der Waals surface area contributed by atoms with Crippen molar-refractivity contribution in [2.75, 3.05) is 26.9 Å². The Balaban J connectivity index is 1.76. The van der Waals surface area contributed by atoms with Gasteiger partial charge in [-0.2, -0.15) is 0 Å². The van der Waals surface area contributed by atoms with Gasteiger partial charge < -0.3 is 39.6 Å². The van der Waals surface area contributed by atoms with Crippen LogP contribution in [0.5, 0.6) is 11.6 Å². The third-order valence-electron chi connectivity index (χ3n) is 7.39. The highest BCUT2D eigenvalue weighted by Crippen LogP contribution is 2.34. The number of carbonyl (C=O) groups excluding carboxylic acids is 3. The summed E-state index contributed by atoms with van der Waals surface area (Å²) in [4.78, 5) is 58.3. The predicted octanol–water partition coefficient (Wildman–Crippen LogP) is 3.14. The second-order valence-electron chi connectivity index (χ2n) is 13.2. The number of fused-ring (bicyclic) bond motifs is 3. The number of carboxylic acid groups (broad SMARTS) is 1. The number of amides is 3. The van der Waals surface area contributed by atoms with Gasteiger partial charge in [0.2, 0.25) is 17.7 Å². The van der Waals surface area contributed by atoms with Crippen molar-refractivity contribution in [2.24, 2.45) is 5.41 Å². The molecular formula is C32H42N4O9. The smallest absolute Gasteiger partial charge is 0.408 e. The second kappa shape index (κ2) is 13.3. The zero-order valence-corrected chi connectivity index (χ0v) is 26.7. The van der Waals surface area contributed by atoms with Gasteiger partial charge in [-0.25, -0.2) is 14.6 Å². The van der Waals surface area contributed by atoms with Crippen molar-refractivity contribution in [1.29, 1.82) is 0 Å². The highest BCUT2D eigenvalue weighted by atomic mass is 16.6. The minimum absolute atomic E-state index is 0.0174. The lowest BCUT2D eigenvalue weighted by Gasteiger charge is -2.35. The topological polar surface area (TPSA) is 166 Å². The summed E-state index contributed by atoms with van der Waals surface area (Å²) in [5, 5.41) is 16.8. The summed E-state index contributed by atoms with van der Waals surface area (Å²) >= 11 is 0. The molecule has 3 N–H and O–H groups in total. The molecule has 4 rings (SSSR count). The molecule has 4 bridgehead atoms. The molecule has 4 atom stereocenters. The van der Waals surface area contributed by atoms with Crippen molar-refractivity contribution in [3.63, 3.8) is 0 Å². The number of pyridine rings is 1. The molecule has 3 heterocycles. The zero-order chi connectivity index (χ0) is 33.1. The van der Waals surface area contributed by atoms with Crippen molar-refractivity contribution in [3.8, 4) is 11.6 Å². The van der Waals surface area contributed by atoms with E-state index in [0.29, 0.717) is 22.6 Å². The Hall–Kier alpha value is -4.39. The summed E-state index contributed by atoms with van der Waals surface area (Å²) in [5.74, 6) is -1.59. The molecule has 2 aliphatic heterocycles. The first-order chi connectivity index (χ1) is 21.1. The van der Waals surface area contributed by atoms with Gasteiger partial charge in [0.1, 0.15) is 35.6 Å². The van der Waals surface area contributed by atoms with Gasteiger partial charge >= 0.3 is 12.1 Å². The Morgan fingerprint density at radius 3 is 2.53 bits per heavy atom. The molecule has 2 aliphatic rings. The summed E-state index contributed by atoms with van der Waals surface area (Å²) in [6, 6.07) is 1.94. The summed E-state index contributed by atoms with van der Waals surface area (Å²) in [6.07, 6.45) is 3.62. The van der Waals surface area contributed by atoms with Gasteiger partial charge in [0.25, 0.3) is 0 Å². The van der Waals surface area contributed by atoms with E-state index in [1.165, 1.54) is 4.90 Å². The summed E-state index contributed by atoms with van der Waals surface area (Å²) < 4.78 is 23.0. The molecule has 1 fully saturated rings. The van der Waals surface area contributed by atoms with Crippen LogP contribution in [0.25, 0.3) is 16.8 Å². The fourth-order valence-electron chi connectivity index (χ4n) is 5.23. The Morgan fingerprint density at radius 1 is 1.16 bits per heavy atom. The molecular weight excluding hydrogens is 584 g/mol. The first-order valence-electron chi connectivity index (χ1n) is 14.8. The first kappa shape index (κ1) is 33.5. The maximum absolute atomic E-state index is 14.0. The van der Waals surface area contributed by atoms with E-state index in [1.807, 2.05) is 18.2 Å². The van der Waals surface area contributed by atoms with E-state index >= 15 is 0 Å². The molecule has 0 saturated carbocycles. The number of aromatic nitrogens is 1. The zero-order valence-electron chi connectivity index (χ0n) is 26.7. The summed E-state index contributed by atoms with van der Waals surface area (Å²) in [6.45, 7) is 10.1. The second-order valence-corrected chi connectivity index (χ2v) is 13.2. The van der Waals surface area contributed by atoms with E-state index in [-0.39, 0.29) is 26.2 Å². The SMILES string of the molecule is COc1cc2ccnc3c2cc1C=CCOCC(NC(=O)OC(C)(C)C)C(=O)NC(C(C)(C)C)C(=O)N1CC(CC1C(=O)O)O3. The van der Waals surface area contributed by atoms with E-state index in [4.69, 9.17) is 18.9 Å². The number of ether oxygens (including phenoxy) is 4. The van der Waals surface area contributed by atoms with Crippen LogP contribution in [0, 0.1) is 5.41 Å². The lowest BCUT2D eigenvalue weighted by atomic mass is 9.85. The quantitative estimate of drug-likeness (QED) is 0.461. The average Bonchev–Trinajstić information content (AvgIpc) is 3.36. The molecule has 0 radical (unpaired) electrons. The molecule has 13 nitrogen and oxygen atoms in total. The van der Waals surface area contributed by atoms with Crippen molar-refractivity contribution in [1.82, 2.24) is 20.5 Å². The number of rotatable bonds is 3. The Labute approximate surface area is 262 Å². The predicted molar refractivity (Wildman–Crippen MR) is 165 cm³/mol. The fraction of sp³-hybridized carbons (Fsp3) is 0.531. The highest BCUT2D eigenvalue weighted by molar-refractivity contribution is 5.94. The van der Waals surface area contributed by atoms with Gasteiger partial charge in [-0.15, -0.1) is 0 Å². The number of aliphatic carboxylic acids is 1. The molecule has 0 spiro atoms. The maximum atomic E-state index is 14.0. The Kier molecular flexibility index (Phi) is 9.91. The van der Waals surface area contributed by atoms with Gasteiger partial charge in [0.15, 0.2) is 0 Å². The van der Waals surface area contributed by atoms with Gasteiger partial charge in [0, 0.05) is 23.6 Å². The van der Waals surface area contributed by atoms with Gasteiger partial charge in [-0.3, -0.25) is 9.59 Å². The molecule has 244 valence electrons. The van der Waals surface area contributed by atoms with Crippen molar-refractivity contribution in [3.05, 3.63) is 36.0 Å². The number of hydrogen-bond donors (Lipinski definition) is 3. The van der Waals surface area contributed by atoms with Gasteiger partial charge in [0.05, 0.1) is 26.9 Å². The van der Waals surface area contributed by atoms with E-state index < -0.39 is 59.1 Å². The third-order valence-corrected chi connectivity index (χ3v) is 7.39. The largest absolute Gasteiger partial charge is 0.496 e. The maximum Gasteiger partial charge on any atom is 0.408 e. The van der Waals surface area contributed by atoms with Crippen LogP contribution in [0.15, 0.2) is 30.5 Å². The fourth-order valence-corrected chi connectivity index (χ4v) is 5.23. The lowest BCUT2D eigenvalue weighted by molar-refractivity contribution is -0.151.